The number of hydrogen-bond acceptors (Lipinski definition) is 5. The van der Waals surface area contributed by atoms with E-state index in [1.54, 1.807) is 29.2 Å². The average molecular weight is 619 g/mol. The van der Waals surface area contributed by atoms with E-state index in [2.05, 4.69) is 48.6 Å². The molecule has 1 aliphatic carbocycles. The molecule has 1 spiro atoms. The summed E-state index contributed by atoms with van der Waals surface area (Å²) in [6, 6.07) is 16.4. The van der Waals surface area contributed by atoms with Gasteiger partial charge in [0.2, 0.25) is 17.7 Å². The van der Waals surface area contributed by atoms with Crippen LogP contribution in [0, 0.1) is 23.7 Å². The number of nitrogens with zero attached hydrogens (tertiary/aromatic N) is 2. The smallest absolute Gasteiger partial charge is 0.246 e. The summed E-state index contributed by atoms with van der Waals surface area (Å²) in [5.74, 6) is -1.37. The number of ether oxygens (including phenoxy) is 1. The van der Waals surface area contributed by atoms with Crippen LogP contribution in [0.4, 0.5) is 5.69 Å². The molecule has 2 bridgehead atoms. The predicted molar refractivity (Wildman–Crippen MR) is 171 cm³/mol. The van der Waals surface area contributed by atoms with Crippen LogP contribution in [-0.2, 0) is 25.7 Å². The summed E-state index contributed by atoms with van der Waals surface area (Å²) in [6.45, 7) is 6.38. The second-order valence-corrected chi connectivity index (χ2v) is 13.6. The van der Waals surface area contributed by atoms with Crippen LogP contribution in [0.5, 0.6) is 0 Å². The highest BCUT2D eigenvalue weighted by molar-refractivity contribution is 6.30. The van der Waals surface area contributed by atoms with Gasteiger partial charge in [0.05, 0.1) is 17.9 Å². The SMILES string of the molecule is C[C@H]1[C@H](C)CCC[C@@H]1NC(=O)[C@@H]1N(CCCN(C)Cc2ccccc2)C(=O)[C@@H]2[C@H](C(=O)Nc3cccc(Cl)c3)[C@@H]3C=C[C@]21O3. The van der Waals surface area contributed by atoms with Crippen LogP contribution in [0.3, 0.4) is 0 Å². The molecule has 4 aliphatic rings. The number of fused-ring (bicyclic) bond motifs is 1. The summed E-state index contributed by atoms with van der Waals surface area (Å²) < 4.78 is 6.53. The van der Waals surface area contributed by atoms with Gasteiger partial charge >= 0.3 is 0 Å². The number of nitrogens with one attached hydrogen (secondary N) is 2. The van der Waals surface area contributed by atoms with Gasteiger partial charge in [0.25, 0.3) is 0 Å². The second-order valence-electron chi connectivity index (χ2n) is 13.2. The van der Waals surface area contributed by atoms with Gasteiger partial charge in [0.15, 0.2) is 0 Å². The van der Waals surface area contributed by atoms with E-state index in [-0.39, 0.29) is 23.8 Å². The molecule has 3 amide bonds. The van der Waals surface area contributed by atoms with E-state index in [1.807, 2.05) is 30.4 Å². The van der Waals surface area contributed by atoms with Gasteiger partial charge in [-0.05, 0) is 62.0 Å². The summed E-state index contributed by atoms with van der Waals surface area (Å²) in [7, 11) is 2.06. The normalized spacial score (nSPS) is 32.2. The minimum atomic E-state index is -1.18. The summed E-state index contributed by atoms with van der Waals surface area (Å²) in [6.07, 6.45) is 6.98. The quantitative estimate of drug-likeness (QED) is 0.370. The predicted octanol–water partition coefficient (Wildman–Crippen LogP) is 4.89. The molecule has 3 aliphatic heterocycles. The molecule has 3 heterocycles. The standard InChI is InChI=1S/C35H43ClN4O4/c1-22-10-7-15-27(23(22)2)38-33(42)31-35-17-16-28(44-35)29(32(41)37-26-14-8-13-25(36)20-26)30(35)34(43)40(31)19-9-18-39(3)21-24-11-5-4-6-12-24/h4-6,8,11-14,16-17,20,22-23,27-31H,7,9-10,15,18-19,21H2,1-3H3,(H,37,41)(H,38,42)/t22-,23+,27+,28+,29-,30+,31+,35+/m1/s1. The average Bonchev–Trinajstić information content (AvgIpc) is 3.63. The Hall–Kier alpha value is -3.20. The van der Waals surface area contributed by atoms with E-state index in [1.165, 1.54) is 5.56 Å². The van der Waals surface area contributed by atoms with Crippen molar-refractivity contribution >= 4 is 35.0 Å². The Bertz CT molecular complexity index is 1420. The van der Waals surface area contributed by atoms with Crippen LogP contribution in [0.1, 0.15) is 45.1 Å². The zero-order valence-electron chi connectivity index (χ0n) is 25.7. The van der Waals surface area contributed by atoms with Gasteiger partial charge in [-0.15, -0.1) is 0 Å². The molecule has 9 heteroatoms. The topological polar surface area (TPSA) is 91.0 Å². The zero-order chi connectivity index (χ0) is 31.0. The number of halogens is 1. The molecule has 2 N–H and O–H groups in total. The first-order valence-electron chi connectivity index (χ1n) is 15.9. The minimum Gasteiger partial charge on any atom is -0.359 e. The number of anilines is 1. The van der Waals surface area contributed by atoms with E-state index in [4.69, 9.17) is 16.3 Å². The summed E-state index contributed by atoms with van der Waals surface area (Å²) in [4.78, 5) is 46.2. The Labute approximate surface area is 265 Å². The molecule has 8 atom stereocenters. The molecule has 0 aromatic heterocycles. The summed E-state index contributed by atoms with van der Waals surface area (Å²) >= 11 is 6.15. The molecule has 0 radical (unpaired) electrons. The van der Waals surface area contributed by atoms with Crippen molar-refractivity contribution in [2.75, 3.05) is 25.5 Å². The van der Waals surface area contributed by atoms with E-state index >= 15 is 0 Å². The van der Waals surface area contributed by atoms with E-state index < -0.39 is 29.6 Å². The summed E-state index contributed by atoms with van der Waals surface area (Å²) in [5.41, 5.74) is 0.598. The van der Waals surface area contributed by atoms with Crippen LogP contribution < -0.4 is 10.6 Å². The molecule has 1 saturated carbocycles. The highest BCUT2D eigenvalue weighted by atomic mass is 35.5. The molecule has 0 unspecified atom stereocenters. The van der Waals surface area contributed by atoms with Crippen molar-refractivity contribution in [3.05, 3.63) is 77.3 Å². The van der Waals surface area contributed by atoms with Crippen molar-refractivity contribution in [2.24, 2.45) is 23.7 Å². The third-order valence-corrected chi connectivity index (χ3v) is 10.5. The lowest BCUT2D eigenvalue weighted by molar-refractivity contribution is -0.141. The Morgan fingerprint density at radius 3 is 2.66 bits per heavy atom. The van der Waals surface area contributed by atoms with E-state index in [0.29, 0.717) is 35.5 Å². The van der Waals surface area contributed by atoms with Gasteiger partial charge in [-0.3, -0.25) is 14.4 Å². The molecule has 6 rings (SSSR count). The first-order valence-corrected chi connectivity index (χ1v) is 16.3. The second kappa shape index (κ2) is 12.7. The monoisotopic (exact) mass is 618 g/mol. The fourth-order valence-corrected chi connectivity index (χ4v) is 8.02. The number of carbonyl (C=O) groups excluding carboxylic acids is 3. The van der Waals surface area contributed by atoms with Crippen molar-refractivity contribution in [1.82, 2.24) is 15.1 Å². The maximum Gasteiger partial charge on any atom is 0.246 e. The van der Waals surface area contributed by atoms with Crippen molar-refractivity contribution in [2.45, 2.75) is 69.9 Å². The van der Waals surface area contributed by atoms with Gasteiger partial charge in [-0.25, -0.2) is 0 Å². The zero-order valence-corrected chi connectivity index (χ0v) is 26.5. The van der Waals surface area contributed by atoms with Crippen molar-refractivity contribution < 1.29 is 19.1 Å². The van der Waals surface area contributed by atoms with Crippen LogP contribution in [0.15, 0.2) is 66.7 Å². The molecule has 234 valence electrons. The van der Waals surface area contributed by atoms with Crippen molar-refractivity contribution in [3.8, 4) is 0 Å². The maximum atomic E-state index is 14.3. The third-order valence-electron chi connectivity index (χ3n) is 10.3. The van der Waals surface area contributed by atoms with Gasteiger partial charge < -0.3 is 25.2 Å². The van der Waals surface area contributed by atoms with Crippen LogP contribution >= 0.6 is 11.6 Å². The Morgan fingerprint density at radius 1 is 1.09 bits per heavy atom. The molecular formula is C35H43ClN4O4. The molecule has 8 nitrogen and oxygen atoms in total. The van der Waals surface area contributed by atoms with Crippen molar-refractivity contribution in [3.63, 3.8) is 0 Å². The number of hydrogen-bond donors (Lipinski definition) is 2. The maximum absolute atomic E-state index is 14.3. The van der Waals surface area contributed by atoms with Crippen LogP contribution in [0.25, 0.3) is 0 Å². The molecule has 3 fully saturated rings. The molecule has 44 heavy (non-hydrogen) atoms. The Morgan fingerprint density at radius 2 is 1.89 bits per heavy atom. The molecular weight excluding hydrogens is 576 g/mol. The Balaban J connectivity index is 1.23. The lowest BCUT2D eigenvalue weighted by atomic mass is 9.73. The first-order chi connectivity index (χ1) is 21.2. The van der Waals surface area contributed by atoms with E-state index in [9.17, 15) is 14.4 Å². The number of amides is 3. The fourth-order valence-electron chi connectivity index (χ4n) is 7.83. The number of likely N-dealkylation sites (tertiary alicyclic amines) is 1. The van der Waals surface area contributed by atoms with Gasteiger partial charge in [0, 0.05) is 29.8 Å². The molecule has 2 aromatic carbocycles. The number of carbonyl (C=O) groups is 3. The molecule has 2 saturated heterocycles. The highest BCUT2D eigenvalue weighted by Gasteiger charge is 2.72. The van der Waals surface area contributed by atoms with Gasteiger partial charge in [-0.1, -0.05) is 86.8 Å². The van der Waals surface area contributed by atoms with Gasteiger partial charge in [0.1, 0.15) is 11.6 Å². The largest absolute Gasteiger partial charge is 0.359 e. The molecule has 2 aromatic rings. The highest BCUT2D eigenvalue weighted by Crippen LogP contribution is 2.55. The minimum absolute atomic E-state index is 0.0418. The van der Waals surface area contributed by atoms with Gasteiger partial charge in [-0.2, -0.15) is 0 Å². The lowest BCUT2D eigenvalue weighted by Gasteiger charge is -2.38. The van der Waals surface area contributed by atoms with Crippen LogP contribution in [-0.4, -0.2) is 71.4 Å². The van der Waals surface area contributed by atoms with E-state index in [0.717, 1.165) is 32.4 Å². The van der Waals surface area contributed by atoms with Crippen LogP contribution in [0.2, 0.25) is 5.02 Å². The summed E-state index contributed by atoms with van der Waals surface area (Å²) in [5, 5.41) is 6.78. The van der Waals surface area contributed by atoms with Crippen molar-refractivity contribution in [1.29, 1.82) is 0 Å². The lowest BCUT2D eigenvalue weighted by Crippen LogP contribution is -2.58. The fraction of sp³-hybridized carbons (Fsp3) is 0.514. The number of rotatable bonds is 10. The third kappa shape index (κ3) is 5.80. The number of benzene rings is 2. The Kier molecular flexibility index (Phi) is 8.86. The first kappa shape index (κ1) is 30.8.